The van der Waals surface area contributed by atoms with Crippen molar-refractivity contribution in [2.24, 2.45) is 7.05 Å². The largest absolute Gasteiger partial charge is 0.383 e. The minimum Gasteiger partial charge on any atom is -0.383 e. The maximum absolute atomic E-state index is 12.2. The van der Waals surface area contributed by atoms with Gasteiger partial charge in [0.25, 0.3) is 5.56 Å². The summed E-state index contributed by atoms with van der Waals surface area (Å²) >= 11 is 1.81. The van der Waals surface area contributed by atoms with E-state index in [9.17, 15) is 9.59 Å². The molecule has 1 aromatic rings. The van der Waals surface area contributed by atoms with Crippen LogP contribution in [0.15, 0.2) is 9.59 Å². The van der Waals surface area contributed by atoms with Crippen molar-refractivity contribution in [2.75, 3.05) is 23.9 Å². The fourth-order valence-corrected chi connectivity index (χ4v) is 2.96. The highest BCUT2D eigenvalue weighted by Crippen LogP contribution is 2.47. The van der Waals surface area contributed by atoms with Gasteiger partial charge in [0.15, 0.2) is 0 Å². The highest BCUT2D eigenvalue weighted by atomic mass is 32.2. The molecule has 6 nitrogen and oxygen atoms in total. The molecule has 1 fully saturated rings. The molecule has 0 atom stereocenters. The summed E-state index contributed by atoms with van der Waals surface area (Å²) in [5.74, 6) is 0.247. The van der Waals surface area contributed by atoms with Gasteiger partial charge in [-0.2, -0.15) is 11.8 Å². The zero-order chi connectivity index (χ0) is 14.9. The average Bonchev–Trinajstić information content (AvgIpc) is 3.22. The third-order valence-electron chi connectivity index (χ3n) is 3.86. The fourth-order valence-electron chi connectivity index (χ4n) is 2.23. The summed E-state index contributed by atoms with van der Waals surface area (Å²) in [6.45, 7) is 3.19. The summed E-state index contributed by atoms with van der Waals surface area (Å²) in [4.78, 5) is 24.2. The molecule has 7 heteroatoms. The number of nitrogen functional groups attached to an aromatic ring is 1. The minimum atomic E-state index is -0.356. The quantitative estimate of drug-likeness (QED) is 0.813. The first kappa shape index (κ1) is 15.0. The predicted molar refractivity (Wildman–Crippen MR) is 84.6 cm³/mol. The van der Waals surface area contributed by atoms with Gasteiger partial charge in [-0.25, -0.2) is 4.79 Å². The number of hydrogen-bond acceptors (Lipinski definition) is 5. The monoisotopic (exact) mass is 298 g/mol. The van der Waals surface area contributed by atoms with Crippen LogP contribution in [0.4, 0.5) is 11.5 Å². The molecule has 20 heavy (non-hydrogen) atoms. The Morgan fingerprint density at radius 2 is 2.05 bits per heavy atom. The molecule has 1 aliphatic rings. The zero-order valence-electron chi connectivity index (χ0n) is 12.2. The summed E-state index contributed by atoms with van der Waals surface area (Å²) < 4.78 is 2.80. The van der Waals surface area contributed by atoms with Gasteiger partial charge >= 0.3 is 5.69 Å². The summed E-state index contributed by atoms with van der Waals surface area (Å²) in [5, 5.41) is 3.16. The van der Waals surface area contributed by atoms with Crippen molar-refractivity contribution in [3.8, 4) is 0 Å². The molecule has 0 aliphatic heterocycles. The van der Waals surface area contributed by atoms with Crippen LogP contribution in [0.3, 0.4) is 0 Å². The van der Waals surface area contributed by atoms with Crippen LogP contribution in [0.1, 0.15) is 26.2 Å². The van der Waals surface area contributed by atoms with Crippen molar-refractivity contribution in [1.82, 2.24) is 9.13 Å². The molecule has 1 aromatic heterocycles. The molecular weight excluding hydrogens is 276 g/mol. The summed E-state index contributed by atoms with van der Waals surface area (Å²) in [6.07, 6.45) is 5.16. The molecular formula is C13H22N4O2S. The Morgan fingerprint density at radius 1 is 1.40 bits per heavy atom. The number of nitrogens with two attached hydrogens (primary N) is 1. The van der Waals surface area contributed by atoms with Gasteiger partial charge in [-0.1, -0.05) is 6.92 Å². The third kappa shape index (κ3) is 2.59. The predicted octanol–water partition coefficient (Wildman–Crippen LogP) is 0.847. The van der Waals surface area contributed by atoms with E-state index >= 15 is 0 Å². The smallest absolute Gasteiger partial charge is 0.332 e. The van der Waals surface area contributed by atoms with Crippen molar-refractivity contribution >= 4 is 23.3 Å². The first-order chi connectivity index (χ1) is 9.45. The first-order valence-corrected chi connectivity index (χ1v) is 8.06. The Balaban J connectivity index is 2.37. The minimum absolute atomic E-state index is 0.225. The molecule has 0 radical (unpaired) electrons. The summed E-state index contributed by atoms with van der Waals surface area (Å²) in [7, 11) is 1.49. The van der Waals surface area contributed by atoms with E-state index in [1.165, 1.54) is 11.6 Å². The van der Waals surface area contributed by atoms with Gasteiger partial charge in [0.05, 0.1) is 0 Å². The third-order valence-corrected chi connectivity index (χ3v) is 5.28. The molecule has 0 spiro atoms. The SMILES string of the molecule is CCCn1c(N)c(NCC2(SC)CC2)c(=O)n(C)c1=O. The number of thioether (sulfide) groups is 1. The van der Waals surface area contributed by atoms with Crippen LogP contribution in [-0.2, 0) is 13.6 Å². The lowest BCUT2D eigenvalue weighted by molar-refractivity contribution is 0.600. The Labute approximate surface area is 122 Å². The van der Waals surface area contributed by atoms with Crippen molar-refractivity contribution < 1.29 is 0 Å². The second-order valence-corrected chi connectivity index (χ2v) is 6.57. The van der Waals surface area contributed by atoms with E-state index in [0.29, 0.717) is 18.8 Å². The van der Waals surface area contributed by atoms with E-state index in [1.807, 2.05) is 18.7 Å². The van der Waals surface area contributed by atoms with E-state index in [-0.39, 0.29) is 21.8 Å². The Morgan fingerprint density at radius 3 is 2.55 bits per heavy atom. The molecule has 0 aromatic carbocycles. The van der Waals surface area contributed by atoms with E-state index in [1.54, 1.807) is 0 Å². The number of hydrogen-bond donors (Lipinski definition) is 2. The standard InChI is InChI=1S/C13H22N4O2S/c1-4-7-17-10(14)9(11(18)16(2)12(17)19)15-8-13(20-3)5-6-13/h15H,4-8,14H2,1-3H3. The molecule has 3 N–H and O–H groups in total. The average molecular weight is 298 g/mol. The van der Waals surface area contributed by atoms with E-state index in [4.69, 9.17) is 5.73 Å². The van der Waals surface area contributed by atoms with E-state index < -0.39 is 0 Å². The van der Waals surface area contributed by atoms with Crippen LogP contribution in [-0.4, -0.2) is 26.7 Å². The number of nitrogens with one attached hydrogen (secondary N) is 1. The lowest BCUT2D eigenvalue weighted by atomic mass is 10.3. The van der Waals surface area contributed by atoms with Gasteiger partial charge < -0.3 is 11.1 Å². The van der Waals surface area contributed by atoms with Gasteiger partial charge in [-0.15, -0.1) is 0 Å². The molecule has 1 aliphatic carbocycles. The van der Waals surface area contributed by atoms with Crippen LogP contribution < -0.4 is 22.3 Å². The number of aromatic nitrogens is 2. The topological polar surface area (TPSA) is 82.0 Å². The van der Waals surface area contributed by atoms with Gasteiger partial charge in [0.2, 0.25) is 0 Å². The van der Waals surface area contributed by atoms with Crippen LogP contribution in [0.5, 0.6) is 0 Å². The lowest BCUT2D eigenvalue weighted by Gasteiger charge is -2.18. The lowest BCUT2D eigenvalue weighted by Crippen LogP contribution is -2.41. The molecule has 1 saturated carbocycles. The second-order valence-electron chi connectivity index (χ2n) is 5.30. The van der Waals surface area contributed by atoms with Crippen molar-refractivity contribution in [2.45, 2.75) is 37.5 Å². The van der Waals surface area contributed by atoms with Crippen molar-refractivity contribution in [3.63, 3.8) is 0 Å². The highest BCUT2D eigenvalue weighted by Gasteiger charge is 2.41. The van der Waals surface area contributed by atoms with Crippen LogP contribution in [0, 0.1) is 0 Å². The highest BCUT2D eigenvalue weighted by molar-refractivity contribution is 8.00. The van der Waals surface area contributed by atoms with E-state index in [0.717, 1.165) is 23.8 Å². The number of rotatable bonds is 6. The second kappa shape index (κ2) is 5.55. The molecule has 1 heterocycles. The zero-order valence-corrected chi connectivity index (χ0v) is 13.0. The van der Waals surface area contributed by atoms with Crippen LogP contribution >= 0.6 is 11.8 Å². The summed E-state index contributed by atoms with van der Waals surface area (Å²) in [6, 6.07) is 0. The van der Waals surface area contributed by atoms with Gasteiger partial charge in [-0.05, 0) is 25.5 Å². The van der Waals surface area contributed by atoms with Crippen molar-refractivity contribution in [3.05, 3.63) is 20.8 Å². The molecule has 0 unspecified atom stereocenters. The number of nitrogens with zero attached hydrogens (tertiary/aromatic N) is 2. The molecule has 0 amide bonds. The Kier molecular flexibility index (Phi) is 4.17. The molecule has 2 rings (SSSR count). The van der Waals surface area contributed by atoms with Gasteiger partial charge in [0, 0.05) is 24.9 Å². The van der Waals surface area contributed by atoms with E-state index in [2.05, 4.69) is 11.6 Å². The first-order valence-electron chi connectivity index (χ1n) is 6.84. The Bertz CT molecular complexity index is 616. The molecule has 0 saturated heterocycles. The van der Waals surface area contributed by atoms with Gasteiger partial charge in [0.1, 0.15) is 11.5 Å². The van der Waals surface area contributed by atoms with Crippen LogP contribution in [0.25, 0.3) is 0 Å². The normalized spacial score (nSPS) is 16.1. The van der Waals surface area contributed by atoms with Gasteiger partial charge in [-0.3, -0.25) is 13.9 Å². The maximum atomic E-state index is 12.2. The molecule has 0 bridgehead atoms. The Hall–Kier alpha value is -1.37. The van der Waals surface area contributed by atoms with Crippen LogP contribution in [0.2, 0.25) is 0 Å². The fraction of sp³-hybridized carbons (Fsp3) is 0.692. The van der Waals surface area contributed by atoms with Crippen molar-refractivity contribution in [1.29, 1.82) is 0 Å². The number of anilines is 2. The maximum Gasteiger partial charge on any atom is 0.332 e. The molecule has 112 valence electrons. The summed E-state index contributed by atoms with van der Waals surface area (Å²) in [5.41, 5.74) is 5.65.